The number of benzene rings is 2. The van der Waals surface area contributed by atoms with Gasteiger partial charge in [0.25, 0.3) is 0 Å². The van der Waals surface area contributed by atoms with Crippen LogP contribution in [0.4, 0.5) is 29.3 Å². The van der Waals surface area contributed by atoms with Crippen LogP contribution < -0.4 is 10.6 Å². The maximum atomic E-state index is 13.1. The van der Waals surface area contributed by atoms with Crippen molar-refractivity contribution in [3.05, 3.63) is 76.0 Å². The second-order valence-corrected chi connectivity index (χ2v) is 8.68. The molecule has 2 heterocycles. The van der Waals surface area contributed by atoms with Crippen molar-refractivity contribution < 1.29 is 18.0 Å². The van der Waals surface area contributed by atoms with Crippen molar-refractivity contribution in [1.82, 2.24) is 24.9 Å². The molecule has 0 unspecified atom stereocenters. The Bertz CT molecular complexity index is 1490. The molecule has 0 saturated carbocycles. The lowest BCUT2D eigenvalue weighted by atomic mass is 10.1. The second kappa shape index (κ2) is 10.1. The predicted octanol–water partition coefficient (Wildman–Crippen LogP) is 6.55. The van der Waals surface area contributed by atoms with Gasteiger partial charge in [-0.05, 0) is 69.7 Å². The van der Waals surface area contributed by atoms with Crippen LogP contribution >= 0.6 is 11.6 Å². The van der Waals surface area contributed by atoms with E-state index < -0.39 is 22.8 Å². The highest BCUT2D eigenvalue weighted by Crippen LogP contribution is 2.36. The summed E-state index contributed by atoms with van der Waals surface area (Å²) in [6, 6.07) is 9.28. The minimum atomic E-state index is -4.65. The first-order valence-electron chi connectivity index (χ1n) is 11.0. The van der Waals surface area contributed by atoms with E-state index in [4.69, 9.17) is 11.6 Å². The van der Waals surface area contributed by atoms with Gasteiger partial charge < -0.3 is 10.6 Å². The number of aryl methyl sites for hydroxylation is 4. The van der Waals surface area contributed by atoms with E-state index in [9.17, 15) is 18.0 Å². The average Bonchev–Trinajstić information content (AvgIpc) is 2.80. The molecule has 0 aliphatic rings. The number of hydrogen-bond acceptors (Lipinski definition) is 6. The minimum Gasteiger partial charge on any atom is -0.308 e. The number of alkyl halides is 3. The molecular formula is C25H21ClF3N7O. The molecule has 2 amide bonds. The number of carbonyl (C=O) groups excluding carboxylic acids is 1. The molecule has 0 saturated heterocycles. The predicted molar refractivity (Wildman–Crippen MR) is 134 cm³/mol. The summed E-state index contributed by atoms with van der Waals surface area (Å²) in [4.78, 5) is 34.7. The summed E-state index contributed by atoms with van der Waals surface area (Å²) in [6.45, 7) is 7.24. The Morgan fingerprint density at radius 2 is 1.41 bits per heavy atom. The van der Waals surface area contributed by atoms with Gasteiger partial charge in [0.05, 0.1) is 10.6 Å². The Labute approximate surface area is 215 Å². The van der Waals surface area contributed by atoms with Gasteiger partial charge in [-0.15, -0.1) is 0 Å². The topological polar surface area (TPSA) is 106 Å². The maximum absolute atomic E-state index is 13.1. The fourth-order valence-electron chi connectivity index (χ4n) is 3.60. The number of nitrogens with zero attached hydrogens (tertiary/aromatic N) is 5. The molecule has 12 heteroatoms. The summed E-state index contributed by atoms with van der Waals surface area (Å²) in [6.07, 6.45) is -4.65. The van der Waals surface area contributed by atoms with Crippen LogP contribution in [0.2, 0.25) is 5.02 Å². The molecule has 0 aliphatic carbocycles. The Hall–Kier alpha value is -4.12. The molecular weight excluding hydrogens is 507 g/mol. The quantitative estimate of drug-likeness (QED) is 0.312. The molecule has 0 bridgehead atoms. The van der Waals surface area contributed by atoms with Crippen LogP contribution in [0.15, 0.2) is 42.5 Å². The molecule has 8 nitrogen and oxygen atoms in total. The largest absolute Gasteiger partial charge is 0.417 e. The zero-order valence-electron chi connectivity index (χ0n) is 20.2. The lowest BCUT2D eigenvalue weighted by Gasteiger charge is -2.13. The number of carbonyl (C=O) groups is 1. The Morgan fingerprint density at radius 1 is 0.784 bits per heavy atom. The monoisotopic (exact) mass is 527 g/mol. The molecule has 0 radical (unpaired) electrons. The van der Waals surface area contributed by atoms with Crippen LogP contribution in [-0.4, -0.2) is 31.0 Å². The van der Waals surface area contributed by atoms with Gasteiger partial charge in [-0.2, -0.15) is 13.2 Å². The van der Waals surface area contributed by atoms with Gasteiger partial charge >= 0.3 is 12.2 Å². The van der Waals surface area contributed by atoms with Gasteiger partial charge in [0.15, 0.2) is 11.6 Å². The number of anilines is 2. The van der Waals surface area contributed by atoms with Crippen molar-refractivity contribution in [1.29, 1.82) is 0 Å². The third kappa shape index (κ3) is 6.18. The van der Waals surface area contributed by atoms with Gasteiger partial charge in [-0.25, -0.2) is 29.7 Å². The van der Waals surface area contributed by atoms with Gasteiger partial charge in [0, 0.05) is 22.6 Å². The summed E-state index contributed by atoms with van der Waals surface area (Å²) in [5, 5.41) is 4.55. The van der Waals surface area contributed by atoms with Gasteiger partial charge in [-0.3, -0.25) is 0 Å². The molecule has 2 N–H and O–H groups in total. The van der Waals surface area contributed by atoms with Crippen molar-refractivity contribution in [2.75, 3.05) is 10.6 Å². The van der Waals surface area contributed by atoms with Crippen LogP contribution in [0.25, 0.3) is 22.9 Å². The van der Waals surface area contributed by atoms with Crippen LogP contribution in [0.5, 0.6) is 0 Å². The lowest BCUT2D eigenvalue weighted by Crippen LogP contribution is -2.20. The number of amides is 2. The minimum absolute atomic E-state index is 0.0604. The van der Waals surface area contributed by atoms with E-state index in [1.807, 2.05) is 13.8 Å². The fourth-order valence-corrected chi connectivity index (χ4v) is 3.83. The first kappa shape index (κ1) is 26.0. The number of urea groups is 1. The highest BCUT2D eigenvalue weighted by atomic mass is 35.5. The van der Waals surface area contributed by atoms with Crippen molar-refractivity contribution >= 4 is 29.0 Å². The van der Waals surface area contributed by atoms with Crippen molar-refractivity contribution in [3.8, 4) is 22.9 Å². The first-order valence-corrected chi connectivity index (χ1v) is 11.4. The van der Waals surface area contributed by atoms with E-state index in [1.54, 1.807) is 38.1 Å². The molecule has 0 spiro atoms. The maximum Gasteiger partial charge on any atom is 0.417 e. The molecule has 190 valence electrons. The number of nitrogens with one attached hydrogen (secondary N) is 2. The van der Waals surface area contributed by atoms with E-state index in [0.29, 0.717) is 40.2 Å². The number of hydrogen-bond donors (Lipinski definition) is 2. The SMILES string of the molecule is Cc1cc(-c2nc(C)nc(-c3cc(NC(=O)Nc4ccc(Cl)c(C(F)(F)F)c4)ccc3C)n2)nc(C)n1. The zero-order valence-corrected chi connectivity index (χ0v) is 21.0. The van der Waals surface area contributed by atoms with E-state index in [1.165, 1.54) is 6.07 Å². The Kier molecular flexibility index (Phi) is 7.08. The Balaban J connectivity index is 1.60. The van der Waals surface area contributed by atoms with Gasteiger partial charge in [0.1, 0.15) is 17.3 Å². The molecule has 2 aromatic heterocycles. The highest BCUT2D eigenvalue weighted by molar-refractivity contribution is 6.31. The molecule has 4 rings (SSSR count). The first-order chi connectivity index (χ1) is 17.4. The van der Waals surface area contributed by atoms with Gasteiger partial charge in [-0.1, -0.05) is 17.7 Å². The average molecular weight is 528 g/mol. The summed E-state index contributed by atoms with van der Waals surface area (Å²) < 4.78 is 39.4. The highest BCUT2D eigenvalue weighted by Gasteiger charge is 2.33. The normalized spacial score (nSPS) is 11.4. The van der Waals surface area contributed by atoms with Crippen LogP contribution in [-0.2, 0) is 6.18 Å². The van der Waals surface area contributed by atoms with Crippen LogP contribution in [0.3, 0.4) is 0 Å². The number of aromatic nitrogens is 5. The van der Waals surface area contributed by atoms with E-state index in [2.05, 4.69) is 35.6 Å². The second-order valence-electron chi connectivity index (χ2n) is 8.27. The molecule has 4 aromatic rings. The zero-order chi connectivity index (χ0) is 26.9. The fraction of sp³-hybridized carbons (Fsp3) is 0.200. The summed E-state index contributed by atoms with van der Waals surface area (Å²) in [7, 11) is 0. The molecule has 37 heavy (non-hydrogen) atoms. The third-order valence-electron chi connectivity index (χ3n) is 5.21. The van der Waals surface area contributed by atoms with Crippen molar-refractivity contribution in [3.63, 3.8) is 0 Å². The number of rotatable bonds is 4. The molecule has 0 fully saturated rings. The van der Waals surface area contributed by atoms with Crippen molar-refractivity contribution in [2.24, 2.45) is 0 Å². The lowest BCUT2D eigenvalue weighted by molar-refractivity contribution is -0.137. The molecule has 0 atom stereocenters. The molecule has 2 aromatic carbocycles. The Morgan fingerprint density at radius 3 is 2.08 bits per heavy atom. The van der Waals surface area contributed by atoms with E-state index >= 15 is 0 Å². The van der Waals surface area contributed by atoms with Crippen LogP contribution in [0.1, 0.15) is 28.5 Å². The third-order valence-corrected chi connectivity index (χ3v) is 5.54. The molecule has 0 aliphatic heterocycles. The summed E-state index contributed by atoms with van der Waals surface area (Å²) in [5.74, 6) is 1.83. The smallest absolute Gasteiger partial charge is 0.308 e. The standard InChI is InChI=1S/C25H21ClF3N7O/c1-12-5-6-16(34-24(37)35-17-7-8-20(26)19(11-17)25(27,28)29)10-18(12)22-32-15(4)33-23(36-22)21-9-13(2)30-14(3)31-21/h5-11H,1-4H3,(H2,34,35,37). The van der Waals surface area contributed by atoms with E-state index in [-0.39, 0.29) is 5.69 Å². The van der Waals surface area contributed by atoms with Crippen molar-refractivity contribution in [2.45, 2.75) is 33.9 Å². The number of halogens is 4. The van der Waals surface area contributed by atoms with Crippen LogP contribution in [0, 0.1) is 27.7 Å². The summed E-state index contributed by atoms with van der Waals surface area (Å²) >= 11 is 5.64. The summed E-state index contributed by atoms with van der Waals surface area (Å²) in [5.41, 5.74) is 2.09. The van der Waals surface area contributed by atoms with E-state index in [0.717, 1.165) is 23.4 Å². The van der Waals surface area contributed by atoms with Gasteiger partial charge in [0.2, 0.25) is 0 Å².